The molecule has 1 aromatic heterocycles. The first kappa shape index (κ1) is 24.4. The van der Waals surface area contributed by atoms with Crippen molar-refractivity contribution in [2.75, 3.05) is 17.2 Å². The number of aromatic nitrogens is 1. The summed E-state index contributed by atoms with van der Waals surface area (Å²) >= 11 is 1.00. The Hall–Kier alpha value is -3.89. The lowest BCUT2D eigenvalue weighted by Crippen LogP contribution is -2.34. The van der Waals surface area contributed by atoms with Crippen LogP contribution in [0.4, 0.5) is 11.4 Å². The number of rotatable bonds is 6. The molecular formula is C22H24N6O3S. The zero-order valence-corrected chi connectivity index (χ0v) is 19.1. The van der Waals surface area contributed by atoms with Crippen molar-refractivity contribution in [3.63, 3.8) is 0 Å². The molecule has 0 aliphatic heterocycles. The van der Waals surface area contributed by atoms with Crippen LogP contribution in [0.2, 0.25) is 0 Å². The van der Waals surface area contributed by atoms with Gasteiger partial charge in [0.1, 0.15) is 21.8 Å². The normalized spacial score (nSPS) is 12.4. The van der Waals surface area contributed by atoms with E-state index in [-0.39, 0.29) is 34.8 Å². The molecule has 0 aliphatic rings. The standard InChI is InChI=1S/C22H24N6O3S/c1-5-28-19(30)17(32-20(28)16(12-24)18(29)25-10-9-23)13-26-14-7-6-8-15(11-14)27-21(31)22(2,3)4/h6-8,11,13,26H,5,10H2,1-4H3,(H,25,29)(H,27,31)/b17-13+,20-16-. The van der Waals surface area contributed by atoms with Gasteiger partial charge < -0.3 is 16.0 Å². The van der Waals surface area contributed by atoms with Crippen LogP contribution in [-0.4, -0.2) is 22.9 Å². The quantitative estimate of drug-likeness (QED) is 0.560. The third kappa shape index (κ3) is 5.84. The first-order chi connectivity index (χ1) is 15.1. The summed E-state index contributed by atoms with van der Waals surface area (Å²) < 4.78 is 1.85. The Morgan fingerprint density at radius 1 is 1.22 bits per heavy atom. The van der Waals surface area contributed by atoms with Crippen molar-refractivity contribution in [1.82, 2.24) is 9.88 Å². The molecule has 2 rings (SSSR count). The Balaban J connectivity index is 2.42. The summed E-state index contributed by atoms with van der Waals surface area (Å²) in [6.07, 6.45) is 1.50. The second-order valence-electron chi connectivity index (χ2n) is 7.72. The van der Waals surface area contributed by atoms with Crippen molar-refractivity contribution >= 4 is 46.3 Å². The minimum Gasteiger partial charge on any atom is -0.360 e. The number of carbonyl (C=O) groups is 2. The summed E-state index contributed by atoms with van der Waals surface area (Å²) in [4.78, 5) is 37.2. The molecule has 3 N–H and O–H groups in total. The van der Waals surface area contributed by atoms with Crippen molar-refractivity contribution in [2.45, 2.75) is 34.2 Å². The van der Waals surface area contributed by atoms with E-state index < -0.39 is 11.3 Å². The van der Waals surface area contributed by atoms with Gasteiger partial charge in [0, 0.05) is 29.5 Å². The Labute approximate surface area is 189 Å². The molecule has 9 nitrogen and oxygen atoms in total. The Morgan fingerprint density at radius 2 is 1.91 bits per heavy atom. The van der Waals surface area contributed by atoms with Crippen molar-refractivity contribution in [3.05, 3.63) is 43.8 Å². The fourth-order valence-electron chi connectivity index (χ4n) is 2.55. The summed E-state index contributed by atoms with van der Waals surface area (Å²) in [5, 5.41) is 26.3. The third-order valence-electron chi connectivity index (χ3n) is 4.28. The monoisotopic (exact) mass is 452 g/mol. The lowest BCUT2D eigenvalue weighted by atomic mass is 9.95. The molecule has 1 aromatic carbocycles. The predicted molar refractivity (Wildman–Crippen MR) is 124 cm³/mol. The number of thiazole rings is 1. The van der Waals surface area contributed by atoms with Crippen LogP contribution in [-0.2, 0) is 16.1 Å². The summed E-state index contributed by atoms with van der Waals surface area (Å²) in [6, 6.07) is 10.6. The average Bonchev–Trinajstić information content (AvgIpc) is 3.05. The zero-order chi connectivity index (χ0) is 23.9. The van der Waals surface area contributed by atoms with Gasteiger partial charge in [-0.2, -0.15) is 10.5 Å². The van der Waals surface area contributed by atoms with Crippen molar-refractivity contribution in [3.8, 4) is 12.1 Å². The molecule has 1 heterocycles. The number of nitrogens with one attached hydrogen (secondary N) is 3. The second-order valence-corrected chi connectivity index (χ2v) is 8.75. The number of amides is 2. The molecule has 0 spiro atoms. The SMILES string of the molecule is CCn1c(=O)/c(=C\Nc2cccc(NC(=O)C(C)(C)C)c2)s/c1=C(/C#N)C(=O)NCC#N. The molecule has 0 bridgehead atoms. The number of hydrogen-bond donors (Lipinski definition) is 3. The van der Waals surface area contributed by atoms with Crippen molar-refractivity contribution in [2.24, 2.45) is 5.41 Å². The number of carbonyl (C=O) groups excluding carboxylic acids is 2. The highest BCUT2D eigenvalue weighted by atomic mass is 32.1. The van der Waals surface area contributed by atoms with Gasteiger partial charge in [0.15, 0.2) is 5.57 Å². The van der Waals surface area contributed by atoms with E-state index in [2.05, 4.69) is 16.0 Å². The van der Waals surface area contributed by atoms with E-state index >= 15 is 0 Å². The summed E-state index contributed by atoms with van der Waals surface area (Å²) in [5.41, 5.74) is 0.136. The fraction of sp³-hybridized carbons (Fsp3) is 0.318. The van der Waals surface area contributed by atoms with E-state index in [0.29, 0.717) is 15.9 Å². The molecular weight excluding hydrogens is 428 g/mol. The van der Waals surface area contributed by atoms with Crippen LogP contribution in [0, 0.1) is 28.1 Å². The minimum atomic E-state index is -0.709. The van der Waals surface area contributed by atoms with Gasteiger partial charge in [0.25, 0.3) is 11.5 Å². The first-order valence-electron chi connectivity index (χ1n) is 9.79. The number of nitriles is 2. The lowest BCUT2D eigenvalue weighted by Gasteiger charge is -2.18. The molecule has 0 saturated carbocycles. The maximum absolute atomic E-state index is 12.8. The van der Waals surface area contributed by atoms with Crippen LogP contribution in [0.3, 0.4) is 0 Å². The number of benzene rings is 1. The zero-order valence-electron chi connectivity index (χ0n) is 18.3. The van der Waals surface area contributed by atoms with Gasteiger partial charge in [-0.25, -0.2) is 0 Å². The average molecular weight is 453 g/mol. The summed E-state index contributed by atoms with van der Waals surface area (Å²) in [6.45, 7) is 7.21. The van der Waals surface area contributed by atoms with Crippen LogP contribution in [0.1, 0.15) is 27.7 Å². The minimum absolute atomic E-state index is 0.124. The summed E-state index contributed by atoms with van der Waals surface area (Å²) in [5.74, 6) is -0.832. The number of anilines is 2. The molecule has 0 atom stereocenters. The summed E-state index contributed by atoms with van der Waals surface area (Å²) in [7, 11) is 0. The topological polar surface area (TPSA) is 140 Å². The van der Waals surface area contributed by atoms with E-state index in [1.54, 1.807) is 37.3 Å². The van der Waals surface area contributed by atoms with Crippen LogP contribution in [0.15, 0.2) is 29.1 Å². The van der Waals surface area contributed by atoms with Gasteiger partial charge in [-0.1, -0.05) is 26.8 Å². The van der Waals surface area contributed by atoms with Gasteiger partial charge >= 0.3 is 0 Å². The van der Waals surface area contributed by atoms with Crippen LogP contribution >= 0.6 is 11.3 Å². The highest BCUT2D eigenvalue weighted by molar-refractivity contribution is 7.07. The maximum atomic E-state index is 12.8. The van der Waals surface area contributed by atoms with E-state index in [1.807, 2.05) is 26.8 Å². The Kier molecular flexibility index (Phi) is 7.94. The van der Waals surface area contributed by atoms with E-state index in [9.17, 15) is 19.6 Å². The van der Waals surface area contributed by atoms with Gasteiger partial charge in [0.2, 0.25) is 5.91 Å². The molecule has 0 saturated heterocycles. The molecule has 0 aliphatic carbocycles. The molecule has 10 heteroatoms. The second kappa shape index (κ2) is 10.4. The first-order valence-corrected chi connectivity index (χ1v) is 10.6. The number of nitrogens with zero attached hydrogens (tertiary/aromatic N) is 3. The molecule has 32 heavy (non-hydrogen) atoms. The molecule has 166 valence electrons. The third-order valence-corrected chi connectivity index (χ3v) is 5.41. The van der Waals surface area contributed by atoms with E-state index in [1.165, 1.54) is 10.8 Å². The van der Waals surface area contributed by atoms with Crippen molar-refractivity contribution in [1.29, 1.82) is 10.5 Å². The molecule has 2 amide bonds. The van der Waals surface area contributed by atoms with Gasteiger partial charge in [-0.3, -0.25) is 19.0 Å². The van der Waals surface area contributed by atoms with Gasteiger partial charge in [-0.05, 0) is 25.1 Å². The molecule has 0 unspecified atom stereocenters. The molecule has 0 radical (unpaired) electrons. The van der Waals surface area contributed by atoms with Gasteiger partial charge in [0.05, 0.1) is 6.07 Å². The van der Waals surface area contributed by atoms with E-state index in [4.69, 9.17) is 5.26 Å². The van der Waals surface area contributed by atoms with Crippen molar-refractivity contribution < 1.29 is 9.59 Å². The Bertz CT molecular complexity index is 1290. The molecule has 2 aromatic rings. The predicted octanol–water partition coefficient (Wildman–Crippen LogP) is 1.08. The van der Waals surface area contributed by atoms with Crippen LogP contribution < -0.4 is 30.7 Å². The number of hydrogen-bond acceptors (Lipinski definition) is 7. The van der Waals surface area contributed by atoms with E-state index in [0.717, 1.165) is 11.3 Å². The maximum Gasteiger partial charge on any atom is 0.270 e. The molecule has 0 fully saturated rings. The van der Waals surface area contributed by atoms with Crippen LogP contribution in [0.5, 0.6) is 0 Å². The highest BCUT2D eigenvalue weighted by Gasteiger charge is 2.21. The smallest absolute Gasteiger partial charge is 0.270 e. The Morgan fingerprint density at radius 3 is 2.50 bits per heavy atom. The van der Waals surface area contributed by atoms with Crippen LogP contribution in [0.25, 0.3) is 11.8 Å². The van der Waals surface area contributed by atoms with Gasteiger partial charge in [-0.15, -0.1) is 11.3 Å². The largest absolute Gasteiger partial charge is 0.360 e. The lowest BCUT2D eigenvalue weighted by molar-refractivity contribution is -0.123. The fourth-order valence-corrected chi connectivity index (χ4v) is 3.64. The highest BCUT2D eigenvalue weighted by Crippen LogP contribution is 2.19.